The van der Waals surface area contributed by atoms with Crippen molar-refractivity contribution in [3.05, 3.63) is 23.8 Å². The number of ether oxygens (including phenoxy) is 2. The fraction of sp³-hybridized carbons (Fsp3) is 0.533. The molecule has 1 atom stereocenters. The Morgan fingerprint density at radius 1 is 1.40 bits per heavy atom. The number of anilines is 1. The first-order valence-corrected chi connectivity index (χ1v) is 6.79. The molecule has 1 unspecified atom stereocenters. The zero-order valence-electron chi connectivity index (χ0n) is 12.4. The second-order valence-electron chi connectivity index (χ2n) is 4.93. The van der Waals surface area contributed by atoms with E-state index in [1.807, 2.05) is 32.0 Å². The van der Waals surface area contributed by atoms with Gasteiger partial charge in [0.2, 0.25) is 5.91 Å². The second-order valence-corrected chi connectivity index (χ2v) is 4.93. The third-order valence-corrected chi connectivity index (χ3v) is 2.89. The molecule has 0 aliphatic carbocycles. The lowest BCUT2D eigenvalue weighted by molar-refractivity contribution is -0.116. The van der Waals surface area contributed by atoms with Gasteiger partial charge in [0.25, 0.3) is 0 Å². The van der Waals surface area contributed by atoms with Crippen molar-refractivity contribution in [2.45, 2.75) is 20.3 Å². The third kappa shape index (κ3) is 5.59. The van der Waals surface area contributed by atoms with Gasteiger partial charge in [-0.3, -0.25) is 4.79 Å². The molecule has 1 aromatic carbocycles. The molecule has 5 heteroatoms. The van der Waals surface area contributed by atoms with Gasteiger partial charge in [-0.15, -0.1) is 0 Å². The number of rotatable bonds is 8. The summed E-state index contributed by atoms with van der Waals surface area (Å²) in [6.45, 7) is 5.38. The molecule has 0 aliphatic heterocycles. The smallest absolute Gasteiger partial charge is 0.224 e. The Morgan fingerprint density at radius 2 is 2.15 bits per heavy atom. The van der Waals surface area contributed by atoms with E-state index in [9.17, 15) is 4.79 Å². The van der Waals surface area contributed by atoms with Crippen molar-refractivity contribution in [2.24, 2.45) is 11.7 Å². The van der Waals surface area contributed by atoms with Crippen LogP contribution in [0.25, 0.3) is 0 Å². The van der Waals surface area contributed by atoms with Crippen molar-refractivity contribution >= 4 is 11.6 Å². The average molecular weight is 280 g/mol. The summed E-state index contributed by atoms with van der Waals surface area (Å²) < 4.78 is 10.6. The fourth-order valence-electron chi connectivity index (χ4n) is 1.69. The molecule has 0 saturated heterocycles. The van der Waals surface area contributed by atoms with Gasteiger partial charge < -0.3 is 20.5 Å². The summed E-state index contributed by atoms with van der Waals surface area (Å²) in [7, 11) is 1.62. The van der Waals surface area contributed by atoms with Gasteiger partial charge >= 0.3 is 0 Å². The van der Waals surface area contributed by atoms with Crippen molar-refractivity contribution in [3.63, 3.8) is 0 Å². The number of hydrogen-bond donors (Lipinski definition) is 2. The lowest BCUT2D eigenvalue weighted by atomic mass is 10.1. The molecule has 3 N–H and O–H groups in total. The highest BCUT2D eigenvalue weighted by atomic mass is 16.5. The van der Waals surface area contributed by atoms with Crippen LogP contribution in [-0.2, 0) is 9.53 Å². The van der Waals surface area contributed by atoms with Crippen LogP contribution in [0.15, 0.2) is 18.2 Å². The Bertz CT molecular complexity index is 435. The highest BCUT2D eigenvalue weighted by Crippen LogP contribution is 2.26. The molecule has 112 valence electrons. The van der Waals surface area contributed by atoms with Gasteiger partial charge in [-0.05, 0) is 37.1 Å². The highest BCUT2D eigenvalue weighted by molar-refractivity contribution is 5.92. The van der Waals surface area contributed by atoms with Crippen LogP contribution in [-0.4, -0.2) is 32.8 Å². The molecule has 5 nitrogen and oxygen atoms in total. The van der Waals surface area contributed by atoms with E-state index in [4.69, 9.17) is 15.2 Å². The molecule has 0 aliphatic rings. The first-order chi connectivity index (χ1) is 9.56. The lowest BCUT2D eigenvalue weighted by Gasteiger charge is -2.14. The van der Waals surface area contributed by atoms with Crippen molar-refractivity contribution < 1.29 is 14.3 Å². The van der Waals surface area contributed by atoms with Gasteiger partial charge in [0.05, 0.1) is 12.3 Å². The Hall–Kier alpha value is -1.59. The summed E-state index contributed by atoms with van der Waals surface area (Å²) in [5.41, 5.74) is 7.28. The van der Waals surface area contributed by atoms with E-state index in [1.165, 1.54) is 0 Å². The minimum atomic E-state index is -0.0524. The monoisotopic (exact) mass is 280 g/mol. The van der Waals surface area contributed by atoms with Crippen LogP contribution >= 0.6 is 0 Å². The van der Waals surface area contributed by atoms with Crippen LogP contribution in [0.2, 0.25) is 0 Å². The molecule has 0 fully saturated rings. The van der Waals surface area contributed by atoms with Crippen molar-refractivity contribution in [1.29, 1.82) is 0 Å². The number of nitrogens with one attached hydrogen (secondary N) is 1. The van der Waals surface area contributed by atoms with Gasteiger partial charge in [0, 0.05) is 13.5 Å². The topological polar surface area (TPSA) is 73.6 Å². The van der Waals surface area contributed by atoms with Crippen molar-refractivity contribution in [1.82, 2.24) is 0 Å². The Balaban J connectivity index is 2.70. The number of methoxy groups -OCH3 is 1. The van der Waals surface area contributed by atoms with Crippen LogP contribution in [0, 0.1) is 12.8 Å². The average Bonchev–Trinajstić information content (AvgIpc) is 2.41. The second kappa shape index (κ2) is 8.55. The van der Waals surface area contributed by atoms with E-state index >= 15 is 0 Å². The highest BCUT2D eigenvalue weighted by Gasteiger charge is 2.11. The maximum Gasteiger partial charge on any atom is 0.224 e. The summed E-state index contributed by atoms with van der Waals surface area (Å²) in [5, 5.41) is 2.87. The standard InChI is InChI=1S/C15H24N2O3/c1-11-4-5-13(14(8-11)20-7-6-19-3)17-15(18)9-12(2)10-16/h4-5,8,12H,6-7,9-10,16H2,1-3H3,(H,17,18). The molecule has 0 radical (unpaired) electrons. The summed E-state index contributed by atoms with van der Waals surface area (Å²) in [6, 6.07) is 5.69. The predicted molar refractivity (Wildman–Crippen MR) is 80.0 cm³/mol. The number of nitrogens with two attached hydrogens (primary N) is 1. The number of carbonyl (C=O) groups is 1. The number of benzene rings is 1. The Kier molecular flexibility index (Phi) is 7.04. The summed E-state index contributed by atoms with van der Waals surface area (Å²) >= 11 is 0. The van der Waals surface area contributed by atoms with E-state index in [0.29, 0.717) is 37.6 Å². The number of carbonyl (C=O) groups excluding carboxylic acids is 1. The molecule has 0 aromatic heterocycles. The van der Waals surface area contributed by atoms with Crippen molar-refractivity contribution in [3.8, 4) is 5.75 Å². The Morgan fingerprint density at radius 3 is 2.80 bits per heavy atom. The predicted octanol–water partition coefficient (Wildman–Crippen LogP) is 1.94. The van der Waals surface area contributed by atoms with Gasteiger partial charge in [-0.2, -0.15) is 0 Å². The fourth-order valence-corrected chi connectivity index (χ4v) is 1.69. The summed E-state index contributed by atoms with van der Waals surface area (Å²) in [4.78, 5) is 11.9. The van der Waals surface area contributed by atoms with E-state index in [1.54, 1.807) is 7.11 Å². The molecule has 0 heterocycles. The number of hydrogen-bond acceptors (Lipinski definition) is 4. The summed E-state index contributed by atoms with van der Waals surface area (Å²) in [6.07, 6.45) is 0.405. The minimum absolute atomic E-state index is 0.0524. The van der Waals surface area contributed by atoms with E-state index in [-0.39, 0.29) is 11.8 Å². The maximum absolute atomic E-state index is 11.9. The SMILES string of the molecule is COCCOc1cc(C)ccc1NC(=O)CC(C)CN. The van der Waals surface area contributed by atoms with E-state index < -0.39 is 0 Å². The molecule has 1 amide bonds. The Labute approximate surface area is 120 Å². The van der Waals surface area contributed by atoms with Gasteiger partial charge in [0.15, 0.2) is 0 Å². The number of aryl methyl sites for hydroxylation is 1. The minimum Gasteiger partial charge on any atom is -0.489 e. The molecule has 0 saturated carbocycles. The van der Waals surface area contributed by atoms with Gasteiger partial charge in [-0.25, -0.2) is 0 Å². The molecular weight excluding hydrogens is 256 g/mol. The largest absolute Gasteiger partial charge is 0.489 e. The molecular formula is C15H24N2O3. The molecule has 0 spiro atoms. The summed E-state index contributed by atoms with van der Waals surface area (Å²) in [5.74, 6) is 0.775. The van der Waals surface area contributed by atoms with Crippen LogP contribution in [0.4, 0.5) is 5.69 Å². The van der Waals surface area contributed by atoms with Crippen molar-refractivity contribution in [2.75, 3.05) is 32.2 Å². The van der Waals surface area contributed by atoms with Crippen LogP contribution in [0.1, 0.15) is 18.9 Å². The zero-order valence-corrected chi connectivity index (χ0v) is 12.4. The maximum atomic E-state index is 11.9. The van der Waals surface area contributed by atoms with E-state index in [2.05, 4.69) is 5.32 Å². The number of amides is 1. The van der Waals surface area contributed by atoms with Gasteiger partial charge in [0.1, 0.15) is 12.4 Å². The molecule has 1 aromatic rings. The van der Waals surface area contributed by atoms with Crippen LogP contribution in [0.3, 0.4) is 0 Å². The first-order valence-electron chi connectivity index (χ1n) is 6.79. The lowest BCUT2D eigenvalue weighted by Crippen LogP contribution is -2.20. The third-order valence-electron chi connectivity index (χ3n) is 2.89. The van der Waals surface area contributed by atoms with Crippen LogP contribution < -0.4 is 15.8 Å². The first kappa shape index (κ1) is 16.5. The van der Waals surface area contributed by atoms with Crippen LogP contribution in [0.5, 0.6) is 5.75 Å². The van der Waals surface area contributed by atoms with E-state index in [0.717, 1.165) is 5.56 Å². The quantitative estimate of drug-likeness (QED) is 0.714. The molecule has 1 rings (SSSR count). The molecule has 20 heavy (non-hydrogen) atoms. The normalized spacial score (nSPS) is 12.0. The van der Waals surface area contributed by atoms with Gasteiger partial charge in [-0.1, -0.05) is 13.0 Å². The zero-order chi connectivity index (χ0) is 15.0. The molecule has 0 bridgehead atoms.